The molecule has 0 radical (unpaired) electrons. The number of aliphatic carboxylic acids is 2. The summed E-state index contributed by atoms with van der Waals surface area (Å²) in [6, 6.07) is 6.76. The standard InChI is InChI=1S/C18H25NO4/c1-4-14-10-15(16(20)21)19(18(14,5-2)17(22)23)11-13-8-6-12(3)7-9-13/h6-9,14-15H,4-5,10-11H2,1-3H3,(H,20,21)(H,22,23)/p-2. The predicted octanol–water partition coefficient (Wildman–Crippen LogP) is 0.244. The topological polar surface area (TPSA) is 83.5 Å². The maximum absolute atomic E-state index is 12.0. The molecular weight excluding hydrogens is 294 g/mol. The van der Waals surface area contributed by atoms with E-state index in [1.807, 2.05) is 38.1 Å². The third-order valence-corrected chi connectivity index (χ3v) is 5.20. The normalized spacial score (nSPS) is 28.0. The second kappa shape index (κ2) is 6.71. The van der Waals surface area contributed by atoms with Crippen molar-refractivity contribution in [2.45, 2.75) is 58.2 Å². The van der Waals surface area contributed by atoms with Crippen molar-refractivity contribution in [2.24, 2.45) is 5.92 Å². The lowest BCUT2D eigenvalue weighted by molar-refractivity contribution is -0.324. The van der Waals surface area contributed by atoms with Crippen molar-refractivity contribution in [3.8, 4) is 0 Å². The molecule has 1 saturated heterocycles. The summed E-state index contributed by atoms with van der Waals surface area (Å²) >= 11 is 0. The van der Waals surface area contributed by atoms with Crippen LogP contribution in [0.25, 0.3) is 0 Å². The third kappa shape index (κ3) is 2.98. The highest BCUT2D eigenvalue weighted by Crippen LogP contribution is 2.44. The van der Waals surface area contributed by atoms with Crippen LogP contribution in [0, 0.1) is 12.8 Å². The van der Waals surface area contributed by atoms with E-state index in [0.717, 1.165) is 11.1 Å². The van der Waals surface area contributed by atoms with Crippen LogP contribution in [-0.4, -0.2) is 28.4 Å². The van der Waals surface area contributed by atoms with Gasteiger partial charge >= 0.3 is 0 Å². The lowest BCUT2D eigenvalue weighted by atomic mass is 9.80. The van der Waals surface area contributed by atoms with Crippen molar-refractivity contribution < 1.29 is 19.8 Å². The number of carbonyl (C=O) groups is 2. The summed E-state index contributed by atoms with van der Waals surface area (Å²) in [5.74, 6) is -2.67. The van der Waals surface area contributed by atoms with Gasteiger partial charge in [-0.15, -0.1) is 0 Å². The highest BCUT2D eigenvalue weighted by molar-refractivity contribution is 5.81. The number of nitrogens with zero attached hydrogens (tertiary/aromatic N) is 1. The average molecular weight is 317 g/mol. The Kier molecular flexibility index (Phi) is 5.09. The van der Waals surface area contributed by atoms with E-state index >= 15 is 0 Å². The van der Waals surface area contributed by atoms with E-state index in [-0.39, 0.29) is 18.9 Å². The number of benzene rings is 1. The van der Waals surface area contributed by atoms with E-state index in [4.69, 9.17) is 0 Å². The number of hydrogen-bond acceptors (Lipinski definition) is 5. The molecule has 0 N–H and O–H groups in total. The summed E-state index contributed by atoms with van der Waals surface area (Å²) in [5.41, 5.74) is 0.724. The second-order valence-corrected chi connectivity index (χ2v) is 6.35. The molecule has 0 aliphatic carbocycles. The zero-order chi connectivity index (χ0) is 17.2. The molecule has 0 saturated carbocycles. The van der Waals surface area contributed by atoms with Gasteiger partial charge in [-0.2, -0.15) is 0 Å². The molecule has 0 amide bonds. The lowest BCUT2D eigenvalue weighted by Gasteiger charge is -2.44. The molecule has 1 aromatic rings. The Hall–Kier alpha value is -1.88. The van der Waals surface area contributed by atoms with Crippen LogP contribution in [0.4, 0.5) is 0 Å². The molecule has 0 spiro atoms. The number of carboxylic acids is 2. The van der Waals surface area contributed by atoms with Crippen molar-refractivity contribution in [2.75, 3.05) is 0 Å². The molecular formula is C18H23NO4-2. The summed E-state index contributed by atoms with van der Waals surface area (Å²) in [7, 11) is 0. The van der Waals surface area contributed by atoms with Gasteiger partial charge in [-0.05, 0) is 31.2 Å². The molecule has 5 nitrogen and oxygen atoms in total. The van der Waals surface area contributed by atoms with Crippen LogP contribution in [0.15, 0.2) is 24.3 Å². The molecule has 0 bridgehead atoms. The number of likely N-dealkylation sites (tertiary alicyclic amines) is 1. The Morgan fingerprint density at radius 3 is 2.26 bits per heavy atom. The minimum atomic E-state index is -1.26. The Bertz CT molecular complexity index is 583. The summed E-state index contributed by atoms with van der Waals surface area (Å²) in [4.78, 5) is 25.1. The van der Waals surface area contributed by atoms with Crippen molar-refractivity contribution in [1.29, 1.82) is 0 Å². The van der Waals surface area contributed by atoms with Gasteiger partial charge in [0.25, 0.3) is 0 Å². The molecule has 3 atom stereocenters. The van der Waals surface area contributed by atoms with Gasteiger partial charge in [0.05, 0.1) is 23.5 Å². The van der Waals surface area contributed by atoms with Crippen LogP contribution in [0.2, 0.25) is 0 Å². The highest BCUT2D eigenvalue weighted by atomic mass is 16.4. The van der Waals surface area contributed by atoms with Crippen molar-refractivity contribution in [3.63, 3.8) is 0 Å². The van der Waals surface area contributed by atoms with E-state index in [1.165, 1.54) is 0 Å². The molecule has 23 heavy (non-hydrogen) atoms. The molecule has 2 rings (SSSR count). The fraction of sp³-hybridized carbons (Fsp3) is 0.556. The van der Waals surface area contributed by atoms with Gasteiger partial charge in [0.1, 0.15) is 0 Å². The molecule has 1 heterocycles. The predicted molar refractivity (Wildman–Crippen MR) is 81.9 cm³/mol. The van der Waals surface area contributed by atoms with Gasteiger partial charge in [0.15, 0.2) is 0 Å². The van der Waals surface area contributed by atoms with E-state index in [2.05, 4.69) is 0 Å². The van der Waals surface area contributed by atoms with Crippen LogP contribution in [-0.2, 0) is 16.1 Å². The molecule has 1 aromatic carbocycles. The van der Waals surface area contributed by atoms with Crippen molar-refractivity contribution >= 4 is 11.9 Å². The summed E-state index contributed by atoms with van der Waals surface area (Å²) in [6.45, 7) is 5.89. The van der Waals surface area contributed by atoms with E-state index in [1.54, 1.807) is 11.8 Å². The smallest absolute Gasteiger partial charge is 0.0641 e. The van der Waals surface area contributed by atoms with E-state index in [9.17, 15) is 19.8 Å². The number of aryl methyl sites for hydroxylation is 1. The first kappa shape index (κ1) is 17.5. The Balaban J connectivity index is 2.44. The van der Waals surface area contributed by atoms with Gasteiger partial charge in [0.2, 0.25) is 0 Å². The van der Waals surface area contributed by atoms with E-state index in [0.29, 0.717) is 12.8 Å². The summed E-state index contributed by atoms with van der Waals surface area (Å²) in [5, 5.41) is 23.6. The van der Waals surface area contributed by atoms with Crippen LogP contribution in [0.1, 0.15) is 44.2 Å². The Morgan fingerprint density at radius 1 is 1.22 bits per heavy atom. The third-order valence-electron chi connectivity index (χ3n) is 5.20. The first-order valence-corrected chi connectivity index (χ1v) is 8.11. The monoisotopic (exact) mass is 317 g/mol. The minimum Gasteiger partial charge on any atom is -0.548 e. The molecule has 5 heteroatoms. The maximum atomic E-state index is 12.0. The van der Waals surface area contributed by atoms with Gasteiger partial charge in [-0.3, -0.25) is 4.90 Å². The molecule has 1 aliphatic heterocycles. The fourth-order valence-electron chi connectivity index (χ4n) is 3.89. The molecule has 3 unspecified atom stereocenters. The molecule has 126 valence electrons. The average Bonchev–Trinajstić information content (AvgIpc) is 2.84. The number of carbonyl (C=O) groups excluding carboxylic acids is 2. The van der Waals surface area contributed by atoms with E-state index < -0.39 is 23.5 Å². The van der Waals surface area contributed by atoms with Crippen molar-refractivity contribution in [1.82, 2.24) is 4.90 Å². The SMILES string of the molecule is CCC1CC(C(=O)[O-])N(Cc2ccc(C)cc2)C1(CC)C(=O)[O-]. The first-order valence-electron chi connectivity index (χ1n) is 8.11. The largest absolute Gasteiger partial charge is 0.548 e. The molecule has 0 aromatic heterocycles. The lowest BCUT2D eigenvalue weighted by Crippen LogP contribution is -2.62. The van der Waals surface area contributed by atoms with Gasteiger partial charge in [-0.25, -0.2) is 0 Å². The maximum Gasteiger partial charge on any atom is 0.0641 e. The summed E-state index contributed by atoms with van der Waals surface area (Å²) < 4.78 is 0. The van der Waals surface area contributed by atoms with Gasteiger partial charge in [-0.1, -0.05) is 50.1 Å². The van der Waals surface area contributed by atoms with Gasteiger partial charge < -0.3 is 19.8 Å². The second-order valence-electron chi connectivity index (χ2n) is 6.35. The number of carboxylic acid groups (broad SMARTS) is 2. The summed E-state index contributed by atoms with van der Waals surface area (Å²) in [6.07, 6.45) is 1.19. The van der Waals surface area contributed by atoms with Gasteiger partial charge in [0, 0.05) is 6.54 Å². The molecule has 1 fully saturated rings. The molecule has 1 aliphatic rings. The Morgan fingerprint density at radius 2 is 1.83 bits per heavy atom. The number of hydrogen-bond donors (Lipinski definition) is 0. The van der Waals surface area contributed by atoms with Crippen molar-refractivity contribution in [3.05, 3.63) is 35.4 Å². The van der Waals surface area contributed by atoms with Crippen LogP contribution >= 0.6 is 0 Å². The zero-order valence-electron chi connectivity index (χ0n) is 13.9. The fourth-order valence-corrected chi connectivity index (χ4v) is 3.89. The number of rotatable bonds is 6. The zero-order valence-corrected chi connectivity index (χ0v) is 13.9. The highest BCUT2D eigenvalue weighted by Gasteiger charge is 2.52. The Labute approximate surface area is 136 Å². The minimum absolute atomic E-state index is 0.258. The van der Waals surface area contributed by atoms with Crippen LogP contribution in [0.5, 0.6) is 0 Å². The first-order chi connectivity index (χ1) is 10.9. The quantitative estimate of drug-likeness (QED) is 0.751. The van der Waals surface area contributed by atoms with Crippen LogP contribution < -0.4 is 10.2 Å². The van der Waals surface area contributed by atoms with Crippen LogP contribution in [0.3, 0.4) is 0 Å².